The monoisotopic (exact) mass is 449 g/mol. The largest absolute Gasteiger partial charge is 0.493 e. The van der Waals surface area contributed by atoms with Gasteiger partial charge in [-0.05, 0) is 47.9 Å². The van der Waals surface area contributed by atoms with Gasteiger partial charge in [-0.15, -0.1) is 0 Å². The average molecular weight is 449 g/mol. The summed E-state index contributed by atoms with van der Waals surface area (Å²) in [5.41, 5.74) is 3.48. The van der Waals surface area contributed by atoms with Gasteiger partial charge in [0.05, 0.1) is 14.2 Å². The lowest BCUT2D eigenvalue weighted by Gasteiger charge is -2.16. The molecular weight excluding hydrogens is 413 g/mol. The molecule has 0 aliphatic carbocycles. The molecule has 2 atom stereocenters. The van der Waals surface area contributed by atoms with Crippen molar-refractivity contribution in [2.45, 2.75) is 52.1 Å². The van der Waals surface area contributed by atoms with E-state index in [1.54, 1.807) is 33.6 Å². The van der Waals surface area contributed by atoms with Crippen molar-refractivity contribution < 1.29 is 19.0 Å². The second-order valence-corrected chi connectivity index (χ2v) is 8.36. The molecule has 176 valence electrons. The molecule has 0 saturated carbocycles. The van der Waals surface area contributed by atoms with Crippen LogP contribution in [0, 0.1) is 5.92 Å². The molecule has 5 nitrogen and oxygen atoms in total. The number of carbonyl (C=O) groups is 1. The molecule has 0 aromatic heterocycles. The third-order valence-corrected chi connectivity index (χ3v) is 5.89. The Morgan fingerprint density at radius 3 is 2.61 bits per heavy atom. The summed E-state index contributed by atoms with van der Waals surface area (Å²) in [6.07, 6.45) is 5.59. The van der Waals surface area contributed by atoms with Crippen molar-refractivity contribution in [3.05, 3.63) is 53.1 Å². The summed E-state index contributed by atoms with van der Waals surface area (Å²) in [6, 6.07) is 11.8. The molecule has 0 aliphatic heterocycles. The molecule has 2 rings (SSSR count). The highest BCUT2D eigenvalue weighted by atomic mass is 16.5. The first-order chi connectivity index (χ1) is 15.9. The molecule has 0 saturated heterocycles. The Bertz CT molecular complexity index is 928. The number of methoxy groups -OCH3 is 3. The molecule has 33 heavy (non-hydrogen) atoms. The zero-order chi connectivity index (χ0) is 24.2. The van der Waals surface area contributed by atoms with Crippen LogP contribution in [0.4, 0.5) is 0 Å². The summed E-state index contributed by atoms with van der Waals surface area (Å²) < 4.78 is 16.1. The Labute approximate surface area is 200 Å². The highest BCUT2D eigenvalue weighted by molar-refractivity contribution is 6.35. The van der Waals surface area contributed by atoms with Gasteiger partial charge in [-0.2, -0.15) is 0 Å². The lowest BCUT2D eigenvalue weighted by molar-refractivity contribution is -0.129. The number of aliphatic imine (C=N–C) groups is 1. The van der Waals surface area contributed by atoms with Crippen LogP contribution in [0.15, 0.2) is 41.4 Å². The van der Waals surface area contributed by atoms with Gasteiger partial charge in [-0.25, -0.2) is 0 Å². The number of ketones is 1. The molecule has 0 bridgehead atoms. The van der Waals surface area contributed by atoms with Crippen LogP contribution in [0.5, 0.6) is 11.5 Å². The van der Waals surface area contributed by atoms with Gasteiger partial charge in [0.15, 0.2) is 17.3 Å². The molecule has 2 aromatic rings. The Morgan fingerprint density at radius 2 is 1.94 bits per heavy atom. The highest BCUT2D eigenvalue weighted by Crippen LogP contribution is 2.25. The third kappa shape index (κ3) is 8.04. The fraction of sp³-hybridized carbons (Fsp3) is 0.481. The Kier molecular flexibility index (Phi) is 11.2. The smallest absolute Gasteiger partial charge is 0.166 e. The lowest BCUT2D eigenvalue weighted by atomic mass is 9.92. The lowest BCUT2D eigenvalue weighted by Crippen LogP contribution is -2.15. The van der Waals surface area contributed by atoms with Crippen molar-refractivity contribution in [3.63, 3.8) is 0 Å². The summed E-state index contributed by atoms with van der Waals surface area (Å²) in [6.45, 7) is 5.02. The van der Waals surface area contributed by atoms with Crippen LogP contribution in [-0.4, -0.2) is 47.7 Å². The molecule has 0 aliphatic rings. The maximum Gasteiger partial charge on any atom is 0.166 e. The first-order valence-electron chi connectivity index (χ1n) is 11.6. The number of ether oxygens (including phenoxy) is 3. The number of carbonyl (C=O) groups excluding carboxylic acids is 1. The van der Waals surface area contributed by atoms with Crippen molar-refractivity contribution in [2.75, 3.05) is 27.9 Å². The van der Waals surface area contributed by atoms with Gasteiger partial charge in [-0.1, -0.05) is 56.1 Å². The van der Waals surface area contributed by atoms with Gasteiger partial charge in [0.2, 0.25) is 0 Å². The van der Waals surface area contributed by atoms with E-state index in [1.807, 2.05) is 18.2 Å². The topological polar surface area (TPSA) is 57.1 Å². The van der Waals surface area contributed by atoms with E-state index in [4.69, 9.17) is 22.1 Å². The molecular formula is C27H36BNO4. The molecule has 0 heterocycles. The summed E-state index contributed by atoms with van der Waals surface area (Å²) in [4.78, 5) is 17.2. The Morgan fingerprint density at radius 1 is 1.15 bits per heavy atom. The van der Waals surface area contributed by atoms with Crippen LogP contribution < -0.4 is 14.9 Å². The molecule has 0 N–H and O–H groups in total. The first kappa shape index (κ1) is 26.7. The number of Topliss-reactive ketones (excluding diaryl/α,β-unsaturated/α-hetero) is 1. The van der Waals surface area contributed by atoms with Gasteiger partial charge in [0.25, 0.3) is 0 Å². The van der Waals surface area contributed by atoms with Crippen LogP contribution in [0.1, 0.15) is 62.3 Å². The van der Waals surface area contributed by atoms with E-state index < -0.39 is 6.10 Å². The van der Waals surface area contributed by atoms with Crippen molar-refractivity contribution in [3.8, 4) is 11.5 Å². The maximum atomic E-state index is 12.8. The molecule has 0 fully saturated rings. The molecule has 6 heteroatoms. The highest BCUT2D eigenvalue weighted by Gasteiger charge is 2.19. The van der Waals surface area contributed by atoms with E-state index >= 15 is 0 Å². The fourth-order valence-electron chi connectivity index (χ4n) is 3.72. The second kappa shape index (κ2) is 13.8. The number of benzene rings is 2. The average Bonchev–Trinajstić information content (AvgIpc) is 2.82. The summed E-state index contributed by atoms with van der Waals surface area (Å²) in [5.74, 6) is 1.84. The van der Waals surface area contributed by atoms with Crippen molar-refractivity contribution >= 4 is 25.3 Å². The van der Waals surface area contributed by atoms with Gasteiger partial charge in [-0.3, -0.25) is 9.79 Å². The fourth-order valence-corrected chi connectivity index (χ4v) is 3.72. The number of nitrogens with zero attached hydrogens (tertiary/aromatic N) is 1. The van der Waals surface area contributed by atoms with E-state index in [9.17, 15) is 4.79 Å². The first-order valence-corrected chi connectivity index (χ1v) is 11.6. The number of hydrogen-bond donors (Lipinski definition) is 0. The van der Waals surface area contributed by atoms with Crippen molar-refractivity contribution in [1.29, 1.82) is 0 Å². The summed E-state index contributed by atoms with van der Waals surface area (Å²) >= 11 is 0. The molecule has 0 spiro atoms. The van der Waals surface area contributed by atoms with Crippen LogP contribution in [0.2, 0.25) is 0 Å². The second-order valence-electron chi connectivity index (χ2n) is 8.36. The predicted molar refractivity (Wildman–Crippen MR) is 136 cm³/mol. The van der Waals surface area contributed by atoms with Crippen LogP contribution in [-0.2, 0) is 16.0 Å². The van der Waals surface area contributed by atoms with Crippen molar-refractivity contribution in [2.24, 2.45) is 10.9 Å². The number of rotatable bonds is 14. The van der Waals surface area contributed by atoms with Gasteiger partial charge in [0, 0.05) is 26.3 Å². The van der Waals surface area contributed by atoms with Crippen molar-refractivity contribution in [1.82, 2.24) is 0 Å². The van der Waals surface area contributed by atoms with Gasteiger partial charge >= 0.3 is 0 Å². The summed E-state index contributed by atoms with van der Waals surface area (Å²) in [5, 5.41) is 0. The number of hydrogen-bond acceptors (Lipinski definition) is 5. The Hall–Kier alpha value is -2.60. The predicted octanol–water partition coefficient (Wildman–Crippen LogP) is 4.63. The standard InChI is InChI=1S/C27H36BNO4/c1-6-19(2)12-13-20-9-7-10-22(15-20)26(32-4)24(30)11-8-14-29-18-21-16-23(28)27(33-5)25(17-21)31-3/h7,9-10,15-19,26H,6,8,11-14H2,1-5H3. The van der Waals surface area contributed by atoms with Gasteiger partial charge in [0.1, 0.15) is 14.0 Å². The van der Waals surface area contributed by atoms with E-state index in [2.05, 4.69) is 31.0 Å². The molecule has 2 radical (unpaired) electrons. The minimum Gasteiger partial charge on any atom is -0.493 e. The summed E-state index contributed by atoms with van der Waals surface area (Å²) in [7, 11) is 10.7. The molecule has 2 unspecified atom stereocenters. The maximum absolute atomic E-state index is 12.8. The van der Waals surface area contributed by atoms with Crippen LogP contribution in [0.3, 0.4) is 0 Å². The quantitative estimate of drug-likeness (QED) is 0.240. The molecule has 0 amide bonds. The third-order valence-electron chi connectivity index (χ3n) is 5.89. The minimum absolute atomic E-state index is 0.0714. The normalized spacial score (nSPS) is 13.1. The van der Waals surface area contributed by atoms with Gasteiger partial charge < -0.3 is 14.2 Å². The van der Waals surface area contributed by atoms with Crippen LogP contribution in [0.25, 0.3) is 0 Å². The van der Waals surface area contributed by atoms with E-state index in [0.29, 0.717) is 42.3 Å². The van der Waals surface area contributed by atoms with E-state index in [0.717, 1.165) is 24.0 Å². The zero-order valence-corrected chi connectivity index (χ0v) is 20.6. The zero-order valence-electron chi connectivity index (χ0n) is 20.6. The Balaban J connectivity index is 1.91. The minimum atomic E-state index is -0.539. The van der Waals surface area contributed by atoms with E-state index in [-0.39, 0.29) is 5.78 Å². The SMILES string of the molecule is [B]c1cc(C=NCCCC(=O)C(OC)c2cccc(CCC(C)CC)c2)cc(OC)c1OC. The van der Waals surface area contributed by atoms with Crippen LogP contribution >= 0.6 is 0 Å². The molecule has 2 aromatic carbocycles. The van der Waals surface area contributed by atoms with E-state index in [1.165, 1.54) is 12.0 Å². The number of aryl methyl sites for hydroxylation is 1.